The van der Waals surface area contributed by atoms with E-state index in [2.05, 4.69) is 16.0 Å². The number of carbonyl (C=O) groups is 5. The summed E-state index contributed by atoms with van der Waals surface area (Å²) in [5.74, 6) is -1.51. The van der Waals surface area contributed by atoms with E-state index in [1.165, 1.54) is 4.90 Å². The number of hydrogen-bond donors (Lipinski definition) is 3. The minimum absolute atomic E-state index is 0.0918. The number of benzene rings is 2. The van der Waals surface area contributed by atoms with Gasteiger partial charge < -0.3 is 35.2 Å². The van der Waals surface area contributed by atoms with Gasteiger partial charge >= 0.3 is 0 Å². The van der Waals surface area contributed by atoms with Gasteiger partial charge in [-0.15, -0.1) is 0 Å². The Kier molecular flexibility index (Phi) is 11.5. The van der Waals surface area contributed by atoms with Crippen molar-refractivity contribution in [3.63, 3.8) is 0 Å². The number of carbonyl (C=O) groups excluding carboxylic acids is 5. The van der Waals surface area contributed by atoms with Crippen LogP contribution in [-0.2, 0) is 41.6 Å². The highest BCUT2D eigenvalue weighted by Gasteiger charge is 2.39. The first-order chi connectivity index (χ1) is 22.7. The molecule has 0 aromatic heterocycles. The molecular formula is C35H45N5O7. The van der Waals surface area contributed by atoms with E-state index in [-0.39, 0.29) is 30.9 Å². The Morgan fingerprint density at radius 2 is 1.62 bits per heavy atom. The third-order valence-electron chi connectivity index (χ3n) is 9.22. The number of nitrogens with one attached hydrogen (secondary N) is 3. The van der Waals surface area contributed by atoms with Gasteiger partial charge in [0, 0.05) is 33.2 Å². The average Bonchev–Trinajstić information content (AvgIpc) is 3.59. The summed E-state index contributed by atoms with van der Waals surface area (Å²) in [4.78, 5) is 70.8. The molecule has 0 spiro atoms. The number of ether oxygens (including phenoxy) is 2. The number of rotatable bonds is 5. The lowest BCUT2D eigenvalue weighted by molar-refractivity contribution is -0.142. The second-order valence-corrected chi connectivity index (χ2v) is 12.5. The zero-order valence-electron chi connectivity index (χ0n) is 27.1. The molecular weight excluding hydrogens is 602 g/mol. The molecule has 2 saturated heterocycles. The van der Waals surface area contributed by atoms with Crippen LogP contribution in [0.15, 0.2) is 54.6 Å². The van der Waals surface area contributed by atoms with Gasteiger partial charge in [-0.05, 0) is 68.7 Å². The SMILES string of the molecule is COC1CCN(C(=O)[C@@H]2Cc3ccc(cc3)OCC(=O)N[C@@H](CCc3ccccc3)C(=O)N3CCC[C@H]3C(=O)N[C@@H](C)C(=O)N2)CC1. The Morgan fingerprint density at radius 1 is 0.894 bits per heavy atom. The maximum Gasteiger partial charge on any atom is 0.258 e. The quantitative estimate of drug-likeness (QED) is 0.444. The van der Waals surface area contributed by atoms with E-state index in [1.54, 1.807) is 43.2 Å². The Bertz CT molecular complexity index is 1410. The van der Waals surface area contributed by atoms with Crippen LogP contribution in [0.25, 0.3) is 0 Å². The summed E-state index contributed by atoms with van der Waals surface area (Å²) in [6, 6.07) is 13.2. The standard InChI is InChI=1S/C35H45N5O7/c1-23-32(42)38-29(34(44)39-19-16-26(46-2)17-20-39)21-25-10-13-27(14-11-25)47-22-31(41)37-28(15-12-24-7-4-3-5-8-24)35(45)40-18-6-9-30(40)33(43)36-23/h3-5,7-8,10-11,13-14,23,26,28-30H,6,9,12,15-22H2,1-2H3,(H,36,43)(H,37,41)(H,38,42)/t23-,28-,29-,30-/m0/s1. The summed E-state index contributed by atoms with van der Waals surface area (Å²) in [6.45, 7) is 2.65. The van der Waals surface area contributed by atoms with E-state index in [9.17, 15) is 24.0 Å². The molecule has 3 N–H and O–H groups in total. The monoisotopic (exact) mass is 647 g/mol. The second-order valence-electron chi connectivity index (χ2n) is 12.5. The van der Waals surface area contributed by atoms with E-state index in [1.807, 2.05) is 30.3 Å². The lowest BCUT2D eigenvalue weighted by Gasteiger charge is -2.34. The Morgan fingerprint density at radius 3 is 2.32 bits per heavy atom. The van der Waals surface area contributed by atoms with Crippen molar-refractivity contribution in [2.45, 2.75) is 82.1 Å². The van der Waals surface area contributed by atoms with Crippen LogP contribution in [-0.4, -0.2) is 103 Å². The molecule has 0 saturated carbocycles. The smallest absolute Gasteiger partial charge is 0.258 e. The minimum atomic E-state index is -0.957. The van der Waals surface area contributed by atoms with Gasteiger partial charge in [0.05, 0.1) is 6.10 Å². The molecule has 2 aromatic rings. The second kappa shape index (κ2) is 15.9. The van der Waals surface area contributed by atoms with Gasteiger partial charge in [0.25, 0.3) is 5.91 Å². The topological polar surface area (TPSA) is 146 Å². The summed E-state index contributed by atoms with van der Waals surface area (Å²) < 4.78 is 11.2. The Balaban J connectivity index is 1.36. The number of fused-ring (bicyclic) bond motifs is 13. The predicted octanol–water partition coefficient (Wildman–Crippen LogP) is 1.36. The highest BCUT2D eigenvalue weighted by atomic mass is 16.5. The summed E-state index contributed by atoms with van der Waals surface area (Å²) >= 11 is 0. The molecule has 12 nitrogen and oxygen atoms in total. The minimum Gasteiger partial charge on any atom is -0.484 e. The van der Waals surface area contributed by atoms with Crippen molar-refractivity contribution in [2.24, 2.45) is 0 Å². The third-order valence-corrected chi connectivity index (χ3v) is 9.22. The first-order valence-electron chi connectivity index (χ1n) is 16.5. The molecule has 5 amide bonds. The van der Waals surface area contributed by atoms with E-state index >= 15 is 0 Å². The van der Waals surface area contributed by atoms with Gasteiger partial charge in [-0.1, -0.05) is 42.5 Å². The molecule has 2 bridgehead atoms. The molecule has 252 valence electrons. The van der Waals surface area contributed by atoms with Crippen molar-refractivity contribution in [3.8, 4) is 5.75 Å². The van der Waals surface area contributed by atoms with Crippen molar-refractivity contribution in [2.75, 3.05) is 33.4 Å². The number of likely N-dealkylation sites (tertiary alicyclic amines) is 1. The van der Waals surface area contributed by atoms with Crippen LogP contribution in [0, 0.1) is 0 Å². The van der Waals surface area contributed by atoms with E-state index < -0.39 is 41.9 Å². The van der Waals surface area contributed by atoms with Crippen LogP contribution in [0.1, 0.15) is 50.2 Å². The molecule has 6 rings (SSSR count). The summed E-state index contributed by atoms with van der Waals surface area (Å²) in [6.07, 6.45) is 3.66. The first-order valence-corrected chi connectivity index (χ1v) is 16.5. The van der Waals surface area contributed by atoms with Gasteiger partial charge in [0.2, 0.25) is 23.6 Å². The van der Waals surface area contributed by atoms with Crippen LogP contribution in [0.2, 0.25) is 0 Å². The number of piperidine rings is 1. The number of nitrogens with zero attached hydrogens (tertiary/aromatic N) is 2. The number of amides is 5. The van der Waals surface area contributed by atoms with Crippen LogP contribution in [0.3, 0.4) is 0 Å². The Labute approximate surface area is 275 Å². The maximum atomic E-state index is 13.9. The highest BCUT2D eigenvalue weighted by molar-refractivity contribution is 5.96. The molecule has 0 aliphatic carbocycles. The molecule has 4 aliphatic rings. The maximum absolute atomic E-state index is 13.9. The average molecular weight is 648 g/mol. The van der Waals surface area contributed by atoms with Crippen molar-refractivity contribution >= 4 is 29.5 Å². The predicted molar refractivity (Wildman–Crippen MR) is 173 cm³/mol. The van der Waals surface area contributed by atoms with Gasteiger partial charge in [0.15, 0.2) is 6.61 Å². The number of methoxy groups -OCH3 is 1. The molecule has 0 unspecified atom stereocenters. The van der Waals surface area contributed by atoms with Gasteiger partial charge in [-0.25, -0.2) is 0 Å². The summed E-state index contributed by atoms with van der Waals surface area (Å²) in [5.41, 5.74) is 1.81. The lowest BCUT2D eigenvalue weighted by Crippen LogP contribution is -2.58. The van der Waals surface area contributed by atoms with Gasteiger partial charge in [-0.2, -0.15) is 0 Å². The van der Waals surface area contributed by atoms with Crippen LogP contribution >= 0.6 is 0 Å². The molecule has 4 heterocycles. The molecule has 0 radical (unpaired) electrons. The highest BCUT2D eigenvalue weighted by Crippen LogP contribution is 2.21. The van der Waals surface area contributed by atoms with Gasteiger partial charge in [0.1, 0.15) is 29.9 Å². The van der Waals surface area contributed by atoms with Gasteiger partial charge in [-0.3, -0.25) is 24.0 Å². The molecule has 2 aromatic carbocycles. The summed E-state index contributed by atoms with van der Waals surface area (Å²) in [7, 11) is 1.66. The summed E-state index contributed by atoms with van der Waals surface area (Å²) in [5, 5.41) is 8.49. The largest absolute Gasteiger partial charge is 0.484 e. The van der Waals surface area contributed by atoms with Crippen molar-refractivity contribution in [3.05, 3.63) is 65.7 Å². The zero-order chi connectivity index (χ0) is 33.3. The van der Waals surface area contributed by atoms with Crippen LogP contribution < -0.4 is 20.7 Å². The fourth-order valence-electron chi connectivity index (χ4n) is 6.46. The van der Waals surface area contributed by atoms with E-state index in [0.29, 0.717) is 63.9 Å². The fourth-order valence-corrected chi connectivity index (χ4v) is 6.46. The van der Waals surface area contributed by atoms with Crippen molar-refractivity contribution in [1.29, 1.82) is 0 Å². The molecule has 4 aliphatic heterocycles. The molecule has 4 atom stereocenters. The third kappa shape index (κ3) is 8.88. The van der Waals surface area contributed by atoms with E-state index in [4.69, 9.17) is 9.47 Å². The number of aryl methyl sites for hydroxylation is 1. The molecule has 47 heavy (non-hydrogen) atoms. The van der Waals surface area contributed by atoms with Crippen LogP contribution in [0.5, 0.6) is 5.75 Å². The zero-order valence-corrected chi connectivity index (χ0v) is 27.1. The normalized spacial score (nSPS) is 25.1. The van der Waals surface area contributed by atoms with Crippen molar-refractivity contribution < 1.29 is 33.4 Å². The Hall–Kier alpha value is -4.45. The number of hydrogen-bond acceptors (Lipinski definition) is 7. The first kappa shape index (κ1) is 33.9. The van der Waals surface area contributed by atoms with Crippen LogP contribution in [0.4, 0.5) is 0 Å². The fraction of sp³-hybridized carbons (Fsp3) is 0.514. The molecule has 2 fully saturated rings. The lowest BCUT2D eigenvalue weighted by atomic mass is 10.0. The van der Waals surface area contributed by atoms with E-state index in [0.717, 1.165) is 11.1 Å². The molecule has 12 heteroatoms. The van der Waals surface area contributed by atoms with Crippen molar-refractivity contribution in [1.82, 2.24) is 25.8 Å².